The van der Waals surface area contributed by atoms with Crippen molar-refractivity contribution >= 4 is 29.4 Å². The highest BCUT2D eigenvalue weighted by Gasteiger charge is 2.22. The Morgan fingerprint density at radius 1 is 1.08 bits per heavy atom. The molecule has 5 nitrogen and oxygen atoms in total. The highest BCUT2D eigenvalue weighted by molar-refractivity contribution is 6.30. The highest BCUT2D eigenvalue weighted by Crippen LogP contribution is 2.30. The average molecular weight is 357 g/mol. The molecule has 3 rings (SSSR count). The Morgan fingerprint density at radius 3 is 2.40 bits per heavy atom. The number of carbonyl (C=O) groups is 1. The van der Waals surface area contributed by atoms with Gasteiger partial charge in [0.25, 0.3) is 5.91 Å². The third-order valence-electron chi connectivity index (χ3n) is 3.85. The number of benzene rings is 2. The van der Waals surface area contributed by atoms with Crippen LogP contribution in [0.5, 0.6) is 11.5 Å². The summed E-state index contributed by atoms with van der Waals surface area (Å²) in [5.74, 6) is 1.58. The number of nitrogens with zero attached hydrogens (tertiary/aromatic N) is 1. The number of nitrogens with one attached hydrogen (secondary N) is 1. The lowest BCUT2D eigenvalue weighted by Gasteiger charge is -2.10. The molecule has 1 aliphatic rings. The zero-order chi connectivity index (χ0) is 18.0. The molecule has 0 unspecified atom stereocenters. The fourth-order valence-electron chi connectivity index (χ4n) is 2.55. The van der Waals surface area contributed by atoms with Gasteiger partial charge in [0.2, 0.25) is 0 Å². The Labute approximate surface area is 150 Å². The molecule has 1 N–H and O–H groups in total. The lowest BCUT2D eigenvalue weighted by atomic mass is 10.1. The second-order valence-electron chi connectivity index (χ2n) is 5.51. The van der Waals surface area contributed by atoms with Crippen molar-refractivity contribution in [3.63, 3.8) is 0 Å². The number of halogens is 1. The normalized spacial score (nSPS) is 15.1. The minimum atomic E-state index is -0.272. The van der Waals surface area contributed by atoms with Crippen LogP contribution in [0.2, 0.25) is 5.02 Å². The topological polar surface area (TPSA) is 59.9 Å². The van der Waals surface area contributed by atoms with Crippen molar-refractivity contribution in [2.24, 2.45) is 4.99 Å². The molecule has 0 saturated heterocycles. The van der Waals surface area contributed by atoms with Gasteiger partial charge in [-0.15, -0.1) is 0 Å². The first-order valence-corrected chi connectivity index (χ1v) is 8.00. The Balaban J connectivity index is 2.01. The average Bonchev–Trinajstić information content (AvgIpc) is 2.97. The number of rotatable bonds is 4. The van der Waals surface area contributed by atoms with Gasteiger partial charge in [-0.25, -0.2) is 4.99 Å². The van der Waals surface area contributed by atoms with Crippen molar-refractivity contribution < 1.29 is 14.3 Å². The Bertz CT molecular complexity index is 886. The van der Waals surface area contributed by atoms with Crippen molar-refractivity contribution in [2.75, 3.05) is 14.2 Å². The van der Waals surface area contributed by atoms with Crippen molar-refractivity contribution in [1.29, 1.82) is 0 Å². The summed E-state index contributed by atoms with van der Waals surface area (Å²) in [5.41, 5.74) is 2.75. The quantitative estimate of drug-likeness (QED) is 0.852. The summed E-state index contributed by atoms with van der Waals surface area (Å²) >= 11 is 5.89. The van der Waals surface area contributed by atoms with Crippen LogP contribution in [0.15, 0.2) is 47.1 Å². The van der Waals surface area contributed by atoms with E-state index in [1.165, 1.54) is 0 Å². The monoisotopic (exact) mass is 356 g/mol. The summed E-state index contributed by atoms with van der Waals surface area (Å²) in [6, 6.07) is 10.8. The summed E-state index contributed by atoms with van der Waals surface area (Å²) in [4.78, 5) is 16.7. The SMILES string of the molecule is COc1cc(/C=C2/N=C(c3ccc(Cl)cc3)NC2=O)c(OC)cc1C. The van der Waals surface area contributed by atoms with Crippen LogP contribution in [0.1, 0.15) is 16.7 Å². The summed E-state index contributed by atoms with van der Waals surface area (Å²) in [5, 5.41) is 3.39. The van der Waals surface area contributed by atoms with Gasteiger partial charge in [0.1, 0.15) is 23.0 Å². The number of methoxy groups -OCH3 is 2. The highest BCUT2D eigenvalue weighted by atomic mass is 35.5. The van der Waals surface area contributed by atoms with E-state index in [1.54, 1.807) is 44.6 Å². The van der Waals surface area contributed by atoms with Gasteiger partial charge < -0.3 is 14.8 Å². The van der Waals surface area contributed by atoms with Gasteiger partial charge in [-0.3, -0.25) is 4.79 Å². The van der Waals surface area contributed by atoms with Crippen molar-refractivity contribution in [2.45, 2.75) is 6.92 Å². The predicted molar refractivity (Wildman–Crippen MR) is 98.4 cm³/mol. The maximum atomic E-state index is 12.3. The van der Waals surface area contributed by atoms with Gasteiger partial charge in [-0.05, 0) is 55.0 Å². The number of aryl methyl sites for hydroxylation is 1. The van der Waals surface area contributed by atoms with Crippen LogP contribution < -0.4 is 14.8 Å². The standard InChI is InChI=1S/C19H17ClN2O3/c1-11-8-17(25-3)13(10-16(11)24-2)9-15-19(23)22-18(21-15)12-4-6-14(20)7-5-12/h4-10H,1-3H3,(H,21,22,23)/b15-9+. The lowest BCUT2D eigenvalue weighted by molar-refractivity contribution is -0.115. The van der Waals surface area contributed by atoms with Gasteiger partial charge in [-0.1, -0.05) is 11.6 Å². The molecule has 0 fully saturated rings. The lowest BCUT2D eigenvalue weighted by Crippen LogP contribution is -2.24. The minimum absolute atomic E-state index is 0.272. The van der Waals surface area contributed by atoms with E-state index in [9.17, 15) is 4.79 Å². The minimum Gasteiger partial charge on any atom is -0.496 e. The van der Waals surface area contributed by atoms with Crippen molar-refractivity contribution in [3.05, 3.63) is 63.8 Å². The molecule has 25 heavy (non-hydrogen) atoms. The van der Waals surface area contributed by atoms with E-state index in [0.717, 1.165) is 16.7 Å². The number of hydrogen-bond donors (Lipinski definition) is 1. The van der Waals surface area contributed by atoms with Crippen molar-refractivity contribution in [3.8, 4) is 11.5 Å². The summed E-state index contributed by atoms with van der Waals surface area (Å²) in [7, 11) is 3.19. The van der Waals surface area contributed by atoms with Gasteiger partial charge in [0.15, 0.2) is 0 Å². The second kappa shape index (κ2) is 6.99. The molecule has 1 heterocycles. The maximum Gasteiger partial charge on any atom is 0.275 e. The fraction of sp³-hybridized carbons (Fsp3) is 0.158. The maximum absolute atomic E-state index is 12.3. The first-order valence-electron chi connectivity index (χ1n) is 7.62. The molecular formula is C19H17ClN2O3. The Hall–Kier alpha value is -2.79. The van der Waals surface area contributed by atoms with Crippen molar-refractivity contribution in [1.82, 2.24) is 5.32 Å². The number of hydrogen-bond acceptors (Lipinski definition) is 4. The van der Waals surface area contributed by atoms with Crippen LogP contribution in [0.3, 0.4) is 0 Å². The third-order valence-corrected chi connectivity index (χ3v) is 4.11. The van der Waals surface area contributed by atoms with Crippen LogP contribution in [0.25, 0.3) is 6.08 Å². The van der Waals surface area contributed by atoms with Crippen LogP contribution in [-0.2, 0) is 4.79 Å². The number of carbonyl (C=O) groups excluding carboxylic acids is 1. The largest absolute Gasteiger partial charge is 0.496 e. The van der Waals surface area contributed by atoms with E-state index in [1.807, 2.05) is 19.1 Å². The molecule has 6 heteroatoms. The molecule has 2 aromatic carbocycles. The third kappa shape index (κ3) is 3.51. The molecular weight excluding hydrogens is 340 g/mol. The zero-order valence-corrected chi connectivity index (χ0v) is 14.8. The number of amidine groups is 1. The van der Waals surface area contributed by atoms with Crippen LogP contribution >= 0.6 is 11.6 Å². The fourth-order valence-corrected chi connectivity index (χ4v) is 2.67. The number of ether oxygens (including phenoxy) is 2. The Morgan fingerprint density at radius 2 is 1.76 bits per heavy atom. The van der Waals surface area contributed by atoms with E-state index >= 15 is 0 Å². The molecule has 0 aromatic heterocycles. The molecule has 0 aliphatic carbocycles. The van der Waals surface area contributed by atoms with Gasteiger partial charge in [0, 0.05) is 16.1 Å². The smallest absolute Gasteiger partial charge is 0.275 e. The second-order valence-corrected chi connectivity index (χ2v) is 5.95. The molecule has 0 spiro atoms. The summed E-state index contributed by atoms with van der Waals surface area (Å²) < 4.78 is 10.7. The van der Waals surface area contributed by atoms with Crippen LogP contribution in [0.4, 0.5) is 0 Å². The molecule has 0 bridgehead atoms. The molecule has 128 valence electrons. The molecule has 0 atom stereocenters. The van der Waals surface area contributed by atoms with E-state index in [4.69, 9.17) is 21.1 Å². The first kappa shape index (κ1) is 17.0. The Kier molecular flexibility index (Phi) is 4.76. The molecule has 1 amide bonds. The van der Waals surface area contributed by atoms with Gasteiger partial charge in [0.05, 0.1) is 14.2 Å². The number of aliphatic imine (C=N–C) groups is 1. The van der Waals surface area contributed by atoms with E-state index in [0.29, 0.717) is 28.1 Å². The first-order chi connectivity index (χ1) is 12.0. The van der Waals surface area contributed by atoms with E-state index < -0.39 is 0 Å². The van der Waals surface area contributed by atoms with Gasteiger partial charge >= 0.3 is 0 Å². The van der Waals surface area contributed by atoms with Crippen LogP contribution in [-0.4, -0.2) is 26.0 Å². The number of amides is 1. The molecule has 0 saturated carbocycles. The van der Waals surface area contributed by atoms with Crippen LogP contribution in [0, 0.1) is 6.92 Å². The van der Waals surface area contributed by atoms with Gasteiger partial charge in [-0.2, -0.15) is 0 Å². The predicted octanol–water partition coefficient (Wildman–Crippen LogP) is 3.58. The van der Waals surface area contributed by atoms with E-state index in [-0.39, 0.29) is 5.91 Å². The summed E-state index contributed by atoms with van der Waals surface area (Å²) in [6.07, 6.45) is 1.68. The molecule has 0 radical (unpaired) electrons. The zero-order valence-electron chi connectivity index (χ0n) is 14.1. The summed E-state index contributed by atoms with van der Waals surface area (Å²) in [6.45, 7) is 1.93. The molecule has 2 aromatic rings. The van der Waals surface area contributed by atoms with E-state index in [2.05, 4.69) is 10.3 Å². The molecule has 1 aliphatic heterocycles.